The van der Waals surface area contributed by atoms with Gasteiger partial charge in [-0.05, 0) is 50.5 Å². The van der Waals surface area contributed by atoms with E-state index in [1.807, 2.05) is 30.7 Å². The number of nitrogens with zero attached hydrogens (tertiary/aromatic N) is 4. The number of hydrogen-bond acceptors (Lipinski definition) is 5. The Morgan fingerprint density at radius 1 is 1.23 bits per heavy atom. The molecule has 0 radical (unpaired) electrons. The van der Waals surface area contributed by atoms with Crippen LogP contribution in [0.2, 0.25) is 0 Å². The highest BCUT2D eigenvalue weighted by atomic mass is 16.5. The number of carbonyl (C=O) groups is 1. The molecule has 3 aromatic rings. The van der Waals surface area contributed by atoms with Crippen molar-refractivity contribution < 1.29 is 14.6 Å². The van der Waals surface area contributed by atoms with Gasteiger partial charge in [0.2, 0.25) is 5.88 Å². The fraction of sp³-hybridized carbons (Fsp3) is 0.391. The van der Waals surface area contributed by atoms with Crippen LogP contribution in [0.4, 0.5) is 0 Å². The predicted octanol–water partition coefficient (Wildman–Crippen LogP) is 4.96. The molecular weight excluding hydrogens is 380 g/mol. The van der Waals surface area contributed by atoms with E-state index in [1.54, 1.807) is 18.2 Å². The summed E-state index contributed by atoms with van der Waals surface area (Å²) in [6, 6.07) is 10.9. The Morgan fingerprint density at radius 3 is 2.53 bits per heavy atom. The average Bonchev–Trinajstić information content (AvgIpc) is 3.11. The molecule has 1 N–H and O–H groups in total. The van der Waals surface area contributed by atoms with Crippen LogP contribution in [0.1, 0.15) is 68.0 Å². The van der Waals surface area contributed by atoms with Crippen molar-refractivity contribution in [3.8, 4) is 23.1 Å². The normalized spacial score (nSPS) is 14.7. The number of aromatic carboxylic acids is 1. The minimum absolute atomic E-state index is 0.0325. The predicted molar refractivity (Wildman–Crippen MR) is 113 cm³/mol. The Balaban J connectivity index is 1.99. The monoisotopic (exact) mass is 404 g/mol. The van der Waals surface area contributed by atoms with Gasteiger partial charge in [0.25, 0.3) is 0 Å². The Morgan fingerprint density at radius 2 is 1.93 bits per heavy atom. The fourth-order valence-electron chi connectivity index (χ4n) is 4.05. The van der Waals surface area contributed by atoms with Crippen molar-refractivity contribution in [1.29, 1.82) is 5.26 Å². The Labute approximate surface area is 174 Å². The summed E-state index contributed by atoms with van der Waals surface area (Å²) < 4.78 is 7.90. The lowest BCUT2D eigenvalue weighted by molar-refractivity contribution is 0.0691. The quantitative estimate of drug-likeness (QED) is 0.645. The highest BCUT2D eigenvalue weighted by molar-refractivity contribution is 6.01. The molecule has 1 fully saturated rings. The number of ether oxygens (including phenoxy) is 1. The number of fused-ring (bicyclic) bond motifs is 1. The molecule has 1 aliphatic carbocycles. The van der Waals surface area contributed by atoms with Gasteiger partial charge < -0.3 is 9.84 Å². The Kier molecular flexibility index (Phi) is 5.40. The van der Waals surface area contributed by atoms with Crippen LogP contribution in [0.3, 0.4) is 0 Å². The number of nitriles is 1. The zero-order valence-corrected chi connectivity index (χ0v) is 17.1. The third-order valence-corrected chi connectivity index (χ3v) is 5.44. The van der Waals surface area contributed by atoms with E-state index in [-0.39, 0.29) is 17.8 Å². The van der Waals surface area contributed by atoms with Crippen LogP contribution in [0, 0.1) is 11.3 Å². The third-order valence-electron chi connectivity index (χ3n) is 5.44. The van der Waals surface area contributed by atoms with Crippen LogP contribution < -0.4 is 4.74 Å². The summed E-state index contributed by atoms with van der Waals surface area (Å²) in [7, 11) is 0. The van der Waals surface area contributed by atoms with Crippen LogP contribution in [-0.4, -0.2) is 31.9 Å². The number of carboxylic acids is 1. The van der Waals surface area contributed by atoms with E-state index in [4.69, 9.17) is 15.1 Å². The molecule has 0 aliphatic heterocycles. The molecule has 0 unspecified atom stereocenters. The van der Waals surface area contributed by atoms with E-state index in [2.05, 4.69) is 11.1 Å². The number of rotatable bonds is 5. The van der Waals surface area contributed by atoms with Crippen molar-refractivity contribution in [2.24, 2.45) is 0 Å². The zero-order valence-electron chi connectivity index (χ0n) is 17.1. The van der Waals surface area contributed by atoms with E-state index in [0.717, 1.165) is 31.2 Å². The summed E-state index contributed by atoms with van der Waals surface area (Å²) in [5, 5.41) is 24.3. The lowest BCUT2D eigenvalue weighted by Crippen LogP contribution is -2.15. The van der Waals surface area contributed by atoms with Gasteiger partial charge in [0.05, 0.1) is 29.2 Å². The van der Waals surface area contributed by atoms with E-state index < -0.39 is 5.97 Å². The van der Waals surface area contributed by atoms with Gasteiger partial charge in [-0.1, -0.05) is 31.4 Å². The first-order valence-electron chi connectivity index (χ1n) is 10.3. The summed E-state index contributed by atoms with van der Waals surface area (Å²) in [5.41, 5.74) is 2.53. The molecule has 7 heteroatoms. The average molecular weight is 404 g/mol. The van der Waals surface area contributed by atoms with Gasteiger partial charge in [-0.2, -0.15) is 5.26 Å². The van der Waals surface area contributed by atoms with Crippen molar-refractivity contribution >= 4 is 17.0 Å². The van der Waals surface area contributed by atoms with Crippen LogP contribution in [0.25, 0.3) is 22.2 Å². The maximum absolute atomic E-state index is 11.8. The SMILES string of the molecule is CC(C)Oc1nn(C2CCCCC2)c2nc(C(=O)O)cc(-c3ccc(C#N)cc3)c12. The molecule has 1 aromatic carbocycles. The van der Waals surface area contributed by atoms with Crippen molar-refractivity contribution in [3.05, 3.63) is 41.6 Å². The zero-order chi connectivity index (χ0) is 21.3. The van der Waals surface area contributed by atoms with Gasteiger partial charge in [-0.3, -0.25) is 0 Å². The Hall–Kier alpha value is -3.40. The number of hydrogen-bond donors (Lipinski definition) is 1. The molecule has 154 valence electrons. The van der Waals surface area contributed by atoms with Crippen molar-refractivity contribution in [3.63, 3.8) is 0 Å². The maximum atomic E-state index is 11.8. The molecule has 2 heterocycles. The minimum Gasteiger partial charge on any atom is -0.477 e. The van der Waals surface area contributed by atoms with Gasteiger partial charge in [0.15, 0.2) is 11.3 Å². The second-order valence-corrected chi connectivity index (χ2v) is 7.96. The first kappa shape index (κ1) is 19.9. The molecule has 0 saturated heterocycles. The van der Waals surface area contributed by atoms with E-state index in [1.165, 1.54) is 6.42 Å². The lowest BCUT2D eigenvalue weighted by Gasteiger charge is -2.22. The van der Waals surface area contributed by atoms with Crippen LogP contribution in [-0.2, 0) is 0 Å². The summed E-state index contributed by atoms with van der Waals surface area (Å²) >= 11 is 0. The maximum Gasteiger partial charge on any atom is 0.354 e. The van der Waals surface area contributed by atoms with E-state index in [9.17, 15) is 9.90 Å². The van der Waals surface area contributed by atoms with Gasteiger partial charge >= 0.3 is 5.97 Å². The second-order valence-electron chi connectivity index (χ2n) is 7.96. The molecule has 2 aromatic heterocycles. The molecule has 7 nitrogen and oxygen atoms in total. The largest absolute Gasteiger partial charge is 0.477 e. The van der Waals surface area contributed by atoms with E-state index >= 15 is 0 Å². The standard InChI is InChI=1S/C23H24N4O3/c1-14(2)30-22-20-18(16-10-8-15(13-24)9-11-16)12-19(23(28)29)25-21(20)27(26-22)17-6-4-3-5-7-17/h8-12,14,17H,3-7H2,1-2H3,(H,28,29). The van der Waals surface area contributed by atoms with Crippen LogP contribution in [0.15, 0.2) is 30.3 Å². The summed E-state index contributed by atoms with van der Waals surface area (Å²) in [4.78, 5) is 16.3. The molecule has 0 bridgehead atoms. The molecule has 4 rings (SSSR count). The molecule has 30 heavy (non-hydrogen) atoms. The summed E-state index contributed by atoms with van der Waals surface area (Å²) in [6.07, 6.45) is 5.33. The highest BCUT2D eigenvalue weighted by Crippen LogP contribution is 2.39. The summed E-state index contributed by atoms with van der Waals surface area (Å²) in [6.45, 7) is 3.87. The second kappa shape index (κ2) is 8.15. The van der Waals surface area contributed by atoms with Gasteiger partial charge in [-0.25, -0.2) is 14.5 Å². The highest BCUT2D eigenvalue weighted by Gasteiger charge is 2.26. The van der Waals surface area contributed by atoms with E-state index in [0.29, 0.717) is 28.0 Å². The topological polar surface area (TPSA) is 101 Å². The number of aromatic nitrogens is 3. The third kappa shape index (κ3) is 3.73. The Bertz CT molecular complexity index is 1120. The van der Waals surface area contributed by atoms with Crippen molar-refractivity contribution in [2.75, 3.05) is 0 Å². The molecule has 1 saturated carbocycles. The molecule has 0 amide bonds. The molecule has 0 atom stereocenters. The number of pyridine rings is 1. The number of benzene rings is 1. The smallest absolute Gasteiger partial charge is 0.354 e. The lowest BCUT2D eigenvalue weighted by atomic mass is 9.95. The summed E-state index contributed by atoms with van der Waals surface area (Å²) in [5.74, 6) is -0.621. The van der Waals surface area contributed by atoms with Crippen molar-refractivity contribution in [2.45, 2.75) is 58.1 Å². The molecule has 1 aliphatic rings. The van der Waals surface area contributed by atoms with Crippen LogP contribution >= 0.6 is 0 Å². The fourth-order valence-corrected chi connectivity index (χ4v) is 4.05. The van der Waals surface area contributed by atoms with Gasteiger partial charge in [0.1, 0.15) is 0 Å². The molecular formula is C23H24N4O3. The molecule has 0 spiro atoms. The first-order chi connectivity index (χ1) is 14.5. The van der Waals surface area contributed by atoms with Gasteiger partial charge in [-0.15, -0.1) is 5.10 Å². The van der Waals surface area contributed by atoms with Gasteiger partial charge in [0, 0.05) is 5.56 Å². The van der Waals surface area contributed by atoms with Crippen molar-refractivity contribution in [1.82, 2.24) is 14.8 Å². The minimum atomic E-state index is -1.09. The number of carboxylic acid groups (broad SMARTS) is 1. The first-order valence-corrected chi connectivity index (χ1v) is 10.3. The van der Waals surface area contributed by atoms with Crippen LogP contribution in [0.5, 0.6) is 5.88 Å².